The van der Waals surface area contributed by atoms with Gasteiger partial charge in [0.05, 0.1) is 11.4 Å². The first kappa shape index (κ1) is 16.1. The Balaban J connectivity index is 1.67. The average Bonchev–Trinajstić information content (AvgIpc) is 3.13. The summed E-state index contributed by atoms with van der Waals surface area (Å²) in [4.78, 5) is 0. The van der Waals surface area contributed by atoms with E-state index in [9.17, 15) is 8.42 Å². The Hall–Kier alpha value is -0.720. The van der Waals surface area contributed by atoms with Crippen LogP contribution in [0.1, 0.15) is 37.8 Å². The molecule has 1 aromatic rings. The molecule has 0 aliphatic carbocycles. The van der Waals surface area contributed by atoms with Gasteiger partial charge in [0, 0.05) is 24.4 Å². The van der Waals surface area contributed by atoms with Crippen LogP contribution in [-0.2, 0) is 10.0 Å². The Morgan fingerprint density at radius 3 is 2.95 bits per heavy atom. The molecule has 3 rings (SSSR count). The van der Waals surface area contributed by atoms with E-state index in [-0.39, 0.29) is 11.8 Å². The summed E-state index contributed by atoms with van der Waals surface area (Å²) in [5, 5.41) is 4.32. The Kier molecular flexibility index (Phi) is 5.00. The van der Waals surface area contributed by atoms with Gasteiger partial charge in [-0.3, -0.25) is 4.31 Å². The lowest BCUT2D eigenvalue weighted by Gasteiger charge is -2.21. The van der Waals surface area contributed by atoms with Crippen molar-refractivity contribution in [2.45, 2.75) is 37.5 Å². The van der Waals surface area contributed by atoms with Crippen LogP contribution in [0, 0.1) is 0 Å². The lowest BCUT2D eigenvalue weighted by molar-refractivity contribution is 0.559. The van der Waals surface area contributed by atoms with Crippen molar-refractivity contribution < 1.29 is 8.42 Å². The van der Waals surface area contributed by atoms with Crippen molar-refractivity contribution in [1.82, 2.24) is 5.32 Å². The number of anilines is 1. The summed E-state index contributed by atoms with van der Waals surface area (Å²) in [6.07, 6.45) is 3.35. The Morgan fingerprint density at radius 2 is 2.27 bits per heavy atom. The van der Waals surface area contributed by atoms with Crippen molar-refractivity contribution in [2.24, 2.45) is 0 Å². The van der Waals surface area contributed by atoms with Gasteiger partial charge in [-0.25, -0.2) is 8.42 Å². The van der Waals surface area contributed by atoms with Gasteiger partial charge in [-0.2, -0.15) is 11.8 Å². The number of hydrogen-bond donors (Lipinski definition) is 1. The van der Waals surface area contributed by atoms with Crippen molar-refractivity contribution in [3.05, 3.63) is 29.8 Å². The lowest BCUT2D eigenvalue weighted by Crippen LogP contribution is -2.27. The highest BCUT2D eigenvalue weighted by Crippen LogP contribution is 2.28. The molecule has 6 heteroatoms. The molecular formula is C16H24N2O2S2. The fraction of sp³-hybridized carbons (Fsp3) is 0.625. The minimum Gasteiger partial charge on any atom is -0.309 e. The van der Waals surface area contributed by atoms with Crippen molar-refractivity contribution in [3.63, 3.8) is 0 Å². The van der Waals surface area contributed by atoms with Gasteiger partial charge < -0.3 is 5.32 Å². The molecule has 1 N–H and O–H groups in total. The van der Waals surface area contributed by atoms with E-state index in [4.69, 9.17) is 0 Å². The minimum atomic E-state index is -3.10. The second-order valence-electron chi connectivity index (χ2n) is 6.10. The van der Waals surface area contributed by atoms with Crippen LogP contribution in [0.2, 0.25) is 0 Å². The van der Waals surface area contributed by atoms with E-state index in [1.54, 1.807) is 4.31 Å². The van der Waals surface area contributed by atoms with E-state index < -0.39 is 10.0 Å². The van der Waals surface area contributed by atoms with Gasteiger partial charge in [-0.1, -0.05) is 12.1 Å². The lowest BCUT2D eigenvalue weighted by atomic mass is 10.1. The zero-order chi connectivity index (χ0) is 15.6. The van der Waals surface area contributed by atoms with Gasteiger partial charge in [0.2, 0.25) is 10.0 Å². The number of rotatable bonds is 5. The van der Waals surface area contributed by atoms with Crippen LogP contribution in [0.25, 0.3) is 0 Å². The van der Waals surface area contributed by atoms with E-state index in [0.29, 0.717) is 6.54 Å². The highest BCUT2D eigenvalue weighted by molar-refractivity contribution is 8.00. The average molecular weight is 341 g/mol. The predicted octanol–water partition coefficient (Wildman–Crippen LogP) is 2.77. The monoisotopic (exact) mass is 340 g/mol. The maximum Gasteiger partial charge on any atom is 0.235 e. The molecule has 2 heterocycles. The second-order valence-corrected chi connectivity index (χ2v) is 9.52. The molecule has 0 aromatic heterocycles. The number of benzene rings is 1. The molecule has 22 heavy (non-hydrogen) atoms. The first-order chi connectivity index (χ1) is 10.6. The highest BCUT2D eigenvalue weighted by atomic mass is 32.2. The summed E-state index contributed by atoms with van der Waals surface area (Å²) in [6.45, 7) is 3.78. The molecule has 2 atom stereocenters. The van der Waals surface area contributed by atoms with Crippen molar-refractivity contribution >= 4 is 27.5 Å². The van der Waals surface area contributed by atoms with E-state index in [1.807, 2.05) is 18.2 Å². The van der Waals surface area contributed by atoms with Crippen LogP contribution in [0.15, 0.2) is 24.3 Å². The molecule has 2 aliphatic rings. The molecule has 4 nitrogen and oxygen atoms in total. The molecule has 0 bridgehead atoms. The summed E-state index contributed by atoms with van der Waals surface area (Å²) < 4.78 is 25.7. The smallest absolute Gasteiger partial charge is 0.235 e. The number of hydrogen-bond acceptors (Lipinski definition) is 4. The van der Waals surface area contributed by atoms with Gasteiger partial charge >= 0.3 is 0 Å². The van der Waals surface area contributed by atoms with Gasteiger partial charge in [-0.05, 0) is 49.6 Å². The summed E-state index contributed by atoms with van der Waals surface area (Å²) >= 11 is 2.05. The summed E-state index contributed by atoms with van der Waals surface area (Å²) in [5.41, 5.74) is 1.96. The first-order valence-electron chi connectivity index (χ1n) is 8.01. The second kappa shape index (κ2) is 6.81. The quantitative estimate of drug-likeness (QED) is 0.895. The Labute approximate surface area is 137 Å². The Bertz CT molecular complexity index is 612. The van der Waals surface area contributed by atoms with Crippen LogP contribution < -0.4 is 9.62 Å². The van der Waals surface area contributed by atoms with Gasteiger partial charge in [0.1, 0.15) is 0 Å². The summed E-state index contributed by atoms with van der Waals surface area (Å²) in [7, 11) is -3.10. The summed E-state index contributed by atoms with van der Waals surface area (Å²) in [5.74, 6) is 1.55. The maximum absolute atomic E-state index is 12.1. The van der Waals surface area contributed by atoms with E-state index in [1.165, 1.54) is 18.6 Å². The van der Waals surface area contributed by atoms with Crippen LogP contribution >= 0.6 is 11.8 Å². The first-order valence-corrected chi connectivity index (χ1v) is 10.7. The SMILES string of the molecule is C[C@H](NC[C@H]1CCCS1)c1cccc(N2CCCS2(=O)=O)c1. The molecule has 0 unspecified atom stereocenters. The number of nitrogens with one attached hydrogen (secondary N) is 1. The zero-order valence-electron chi connectivity index (χ0n) is 13.0. The minimum absolute atomic E-state index is 0.242. The number of sulfonamides is 1. The standard InChI is InChI=1S/C16H24N2O2S2/c1-13(17-12-16-7-3-9-21-16)14-5-2-6-15(11-14)18-8-4-10-22(18,19)20/h2,5-6,11,13,16-17H,3-4,7-10,12H2,1H3/t13-,16+/m0/s1. The van der Waals surface area contributed by atoms with Crippen molar-refractivity contribution in [2.75, 3.05) is 28.9 Å². The van der Waals surface area contributed by atoms with Crippen molar-refractivity contribution in [3.8, 4) is 0 Å². The van der Waals surface area contributed by atoms with Gasteiger partial charge in [0.25, 0.3) is 0 Å². The molecular weight excluding hydrogens is 316 g/mol. The normalized spacial score (nSPS) is 25.5. The van der Waals surface area contributed by atoms with Crippen LogP contribution in [0.5, 0.6) is 0 Å². The number of thioether (sulfide) groups is 1. The maximum atomic E-state index is 12.1. The molecule has 2 aliphatic heterocycles. The molecule has 0 spiro atoms. The predicted molar refractivity (Wildman–Crippen MR) is 94.1 cm³/mol. The molecule has 0 amide bonds. The number of nitrogens with zero attached hydrogens (tertiary/aromatic N) is 1. The van der Waals surface area contributed by atoms with Crippen molar-refractivity contribution in [1.29, 1.82) is 0 Å². The zero-order valence-corrected chi connectivity index (χ0v) is 14.6. The summed E-state index contributed by atoms with van der Waals surface area (Å²) in [6, 6.07) is 8.19. The van der Waals surface area contributed by atoms with E-state index in [0.717, 1.165) is 29.5 Å². The molecule has 0 saturated carbocycles. The third-order valence-electron chi connectivity index (χ3n) is 4.43. The molecule has 1 aromatic carbocycles. The van der Waals surface area contributed by atoms with Crippen LogP contribution in [0.4, 0.5) is 5.69 Å². The molecule has 2 saturated heterocycles. The topological polar surface area (TPSA) is 49.4 Å². The fourth-order valence-corrected chi connectivity index (χ4v) is 5.88. The fourth-order valence-electron chi connectivity index (χ4n) is 3.11. The van der Waals surface area contributed by atoms with Crippen LogP contribution in [0.3, 0.4) is 0 Å². The van der Waals surface area contributed by atoms with Gasteiger partial charge in [0.15, 0.2) is 0 Å². The van der Waals surface area contributed by atoms with E-state index in [2.05, 4.69) is 30.1 Å². The van der Waals surface area contributed by atoms with Gasteiger partial charge in [-0.15, -0.1) is 0 Å². The molecule has 0 radical (unpaired) electrons. The Morgan fingerprint density at radius 1 is 1.41 bits per heavy atom. The third kappa shape index (κ3) is 3.60. The highest BCUT2D eigenvalue weighted by Gasteiger charge is 2.28. The van der Waals surface area contributed by atoms with E-state index >= 15 is 0 Å². The molecule has 2 fully saturated rings. The molecule has 122 valence electrons. The van der Waals surface area contributed by atoms with Crippen LogP contribution in [-0.4, -0.2) is 38.3 Å². The third-order valence-corrected chi connectivity index (χ3v) is 7.70. The largest absolute Gasteiger partial charge is 0.309 e.